The monoisotopic (exact) mass is 567 g/mol. The van der Waals surface area contributed by atoms with Gasteiger partial charge in [0.15, 0.2) is 0 Å². The Morgan fingerprint density at radius 1 is 1.05 bits per heavy atom. The molecule has 0 N–H and O–H groups in total. The molecule has 2 aromatic carbocycles. The predicted molar refractivity (Wildman–Crippen MR) is 156 cm³/mol. The third-order valence-electron chi connectivity index (χ3n) is 8.21. The van der Waals surface area contributed by atoms with Gasteiger partial charge in [-0.05, 0) is 95.5 Å². The van der Waals surface area contributed by atoms with Gasteiger partial charge in [0.25, 0.3) is 0 Å². The molecular weight excluding hydrogens is 536 g/mol. The molecule has 4 heterocycles. The van der Waals surface area contributed by atoms with Crippen LogP contribution < -0.4 is 10.2 Å². The average molecular weight is 568 g/mol. The zero-order valence-electron chi connectivity index (χ0n) is 23.2. The van der Waals surface area contributed by atoms with Crippen molar-refractivity contribution in [2.75, 3.05) is 7.11 Å². The summed E-state index contributed by atoms with van der Waals surface area (Å²) in [6.07, 6.45) is 0.288. The van der Waals surface area contributed by atoms with Crippen LogP contribution in [0.2, 0.25) is 5.02 Å². The maximum Gasteiger partial charge on any atom is 0.495 e. The zero-order chi connectivity index (χ0) is 27.9. The molecule has 2 aliphatic rings. The summed E-state index contributed by atoms with van der Waals surface area (Å²) in [6.45, 7) is 12.1. The number of methoxy groups -OCH3 is 1. The maximum atomic E-state index is 16.0. The molecule has 6 rings (SSSR count). The molecular formula is C30H32BClFNO4S. The molecule has 0 aliphatic carbocycles. The summed E-state index contributed by atoms with van der Waals surface area (Å²) in [5, 5.41) is 1.55. The van der Waals surface area contributed by atoms with Gasteiger partial charge in [0.1, 0.15) is 11.6 Å². The molecule has 1 saturated heterocycles. The number of aromatic nitrogens is 1. The highest BCUT2D eigenvalue weighted by Crippen LogP contribution is 2.47. The quantitative estimate of drug-likeness (QED) is 0.236. The first-order valence-electron chi connectivity index (χ1n) is 13.1. The average Bonchev–Trinajstić information content (AvgIpc) is 3.51. The number of nitrogens with zero attached hydrogens (tertiary/aromatic N) is 1. The SMILES string of the molecule is COC(C)(C)Cc1ccc(C2Oc3cc(B4OC(C)(C)C(C)(C)O4)cc(F)c3-c3cc4cc(Cl)ccc4n32)s1. The number of ether oxygens (including phenoxy) is 2. The number of halogens is 2. The Labute approximate surface area is 237 Å². The van der Waals surface area contributed by atoms with Crippen molar-refractivity contribution in [3.8, 4) is 17.0 Å². The van der Waals surface area contributed by atoms with Crippen LogP contribution in [-0.4, -0.2) is 35.6 Å². The highest BCUT2D eigenvalue weighted by Gasteiger charge is 2.52. The van der Waals surface area contributed by atoms with Gasteiger partial charge in [-0.3, -0.25) is 4.57 Å². The first kappa shape index (κ1) is 26.8. The number of thiophene rings is 1. The van der Waals surface area contributed by atoms with Crippen LogP contribution in [0.15, 0.2) is 48.5 Å². The van der Waals surface area contributed by atoms with Gasteiger partial charge < -0.3 is 18.8 Å². The van der Waals surface area contributed by atoms with Crippen molar-refractivity contribution < 1.29 is 23.2 Å². The summed E-state index contributed by atoms with van der Waals surface area (Å²) in [6, 6.07) is 15.2. The van der Waals surface area contributed by atoms with Crippen LogP contribution in [0.3, 0.4) is 0 Å². The summed E-state index contributed by atoms with van der Waals surface area (Å²) >= 11 is 8.01. The predicted octanol–water partition coefficient (Wildman–Crippen LogP) is 7.37. The molecule has 1 unspecified atom stereocenters. The number of hydrogen-bond donors (Lipinski definition) is 0. The summed E-state index contributed by atoms with van der Waals surface area (Å²) in [7, 11) is 1.03. The van der Waals surface area contributed by atoms with Crippen LogP contribution in [0.4, 0.5) is 4.39 Å². The van der Waals surface area contributed by atoms with Crippen molar-refractivity contribution in [3.63, 3.8) is 0 Å². The fourth-order valence-corrected chi connectivity index (χ4v) is 6.61. The number of hydrogen-bond acceptors (Lipinski definition) is 5. The van der Waals surface area contributed by atoms with Crippen LogP contribution in [0.5, 0.6) is 5.75 Å². The third-order valence-corrected chi connectivity index (χ3v) is 9.56. The maximum absolute atomic E-state index is 16.0. The van der Waals surface area contributed by atoms with Crippen molar-refractivity contribution in [2.24, 2.45) is 0 Å². The normalized spacial score (nSPS) is 19.7. The van der Waals surface area contributed by atoms with Crippen molar-refractivity contribution in [2.45, 2.75) is 71.0 Å². The minimum atomic E-state index is -0.701. The first-order valence-corrected chi connectivity index (χ1v) is 14.3. The molecule has 5 nitrogen and oxygen atoms in total. The fourth-order valence-electron chi connectivity index (χ4n) is 5.18. The standard InChI is InChI=1S/C30H32BClFNO4S/c1-28(2,35-7)16-20-9-11-25(39-20)27-34-22-10-8-19(32)12-17(22)13-23(34)26-21(33)14-18(15-24(26)36-27)31-37-29(3,4)30(5,6)38-31/h8-15,27H,16H2,1-7H3. The van der Waals surface area contributed by atoms with Gasteiger partial charge in [0.2, 0.25) is 6.23 Å². The Balaban J connectivity index is 1.48. The third kappa shape index (κ3) is 4.50. The van der Waals surface area contributed by atoms with Crippen LogP contribution >= 0.6 is 22.9 Å². The Morgan fingerprint density at radius 2 is 1.77 bits per heavy atom. The first-order chi connectivity index (χ1) is 18.3. The van der Waals surface area contributed by atoms with Gasteiger partial charge in [-0.15, -0.1) is 11.3 Å². The Kier molecular flexibility index (Phi) is 6.25. The molecule has 0 bridgehead atoms. The van der Waals surface area contributed by atoms with Crippen molar-refractivity contribution in [3.05, 3.63) is 69.1 Å². The number of benzene rings is 2. The van der Waals surface area contributed by atoms with Crippen molar-refractivity contribution >= 4 is 46.4 Å². The van der Waals surface area contributed by atoms with E-state index < -0.39 is 24.5 Å². The second-order valence-corrected chi connectivity index (χ2v) is 13.6. The Hall–Kier alpha value is -2.36. The fraction of sp³-hybridized carbons (Fsp3) is 0.400. The van der Waals surface area contributed by atoms with E-state index in [1.807, 2.05) is 58.0 Å². The molecule has 4 aromatic rings. The van der Waals surface area contributed by atoms with E-state index in [2.05, 4.69) is 30.5 Å². The molecule has 1 atom stereocenters. The highest BCUT2D eigenvalue weighted by atomic mass is 35.5. The van der Waals surface area contributed by atoms with Gasteiger partial charge in [-0.2, -0.15) is 0 Å². The van der Waals surface area contributed by atoms with E-state index >= 15 is 4.39 Å². The lowest BCUT2D eigenvalue weighted by molar-refractivity contribution is 0.00578. The minimum Gasteiger partial charge on any atom is -0.464 e. The lowest BCUT2D eigenvalue weighted by atomic mass is 9.78. The molecule has 9 heteroatoms. The van der Waals surface area contributed by atoms with E-state index in [1.165, 1.54) is 10.9 Å². The van der Waals surface area contributed by atoms with Crippen LogP contribution in [0, 0.1) is 5.82 Å². The summed E-state index contributed by atoms with van der Waals surface area (Å²) in [5.41, 5.74) is 1.30. The molecule has 39 heavy (non-hydrogen) atoms. The van der Waals surface area contributed by atoms with Gasteiger partial charge in [-0.1, -0.05) is 11.6 Å². The van der Waals surface area contributed by atoms with E-state index in [-0.39, 0.29) is 11.4 Å². The van der Waals surface area contributed by atoms with Gasteiger partial charge in [-0.25, -0.2) is 4.39 Å². The van der Waals surface area contributed by atoms with Crippen LogP contribution in [0.1, 0.15) is 57.5 Å². The number of fused-ring (bicyclic) bond motifs is 5. The second kappa shape index (κ2) is 9.08. The molecule has 0 amide bonds. The lowest BCUT2D eigenvalue weighted by Crippen LogP contribution is -2.41. The topological polar surface area (TPSA) is 41.9 Å². The van der Waals surface area contributed by atoms with Crippen LogP contribution in [-0.2, 0) is 20.5 Å². The minimum absolute atomic E-state index is 0.287. The molecule has 2 aromatic heterocycles. The Bertz CT molecular complexity index is 1580. The molecule has 204 valence electrons. The summed E-state index contributed by atoms with van der Waals surface area (Å²) in [4.78, 5) is 2.20. The smallest absolute Gasteiger partial charge is 0.464 e. The van der Waals surface area contributed by atoms with E-state index in [0.717, 1.165) is 27.9 Å². The van der Waals surface area contributed by atoms with Gasteiger partial charge >= 0.3 is 7.12 Å². The van der Waals surface area contributed by atoms with Crippen LogP contribution in [0.25, 0.3) is 22.2 Å². The molecule has 2 aliphatic heterocycles. The van der Waals surface area contributed by atoms with E-state index in [1.54, 1.807) is 18.4 Å². The van der Waals surface area contributed by atoms with E-state index in [4.69, 9.17) is 30.4 Å². The second-order valence-electron chi connectivity index (χ2n) is 12.0. The molecule has 0 spiro atoms. The highest BCUT2D eigenvalue weighted by molar-refractivity contribution is 7.12. The van der Waals surface area contributed by atoms with E-state index in [9.17, 15) is 0 Å². The zero-order valence-corrected chi connectivity index (χ0v) is 24.8. The summed E-state index contributed by atoms with van der Waals surface area (Å²) < 4.78 is 42.8. The van der Waals surface area contributed by atoms with E-state index in [0.29, 0.717) is 21.8 Å². The largest absolute Gasteiger partial charge is 0.495 e. The molecule has 0 radical (unpaired) electrons. The molecule has 0 saturated carbocycles. The number of rotatable bonds is 5. The Morgan fingerprint density at radius 3 is 2.46 bits per heavy atom. The van der Waals surface area contributed by atoms with Gasteiger partial charge in [0, 0.05) is 28.8 Å². The molecule has 1 fully saturated rings. The lowest BCUT2D eigenvalue weighted by Gasteiger charge is -2.32. The van der Waals surface area contributed by atoms with Crippen molar-refractivity contribution in [1.29, 1.82) is 0 Å². The summed E-state index contributed by atoms with van der Waals surface area (Å²) in [5.74, 6) is 0.0674. The van der Waals surface area contributed by atoms with Crippen molar-refractivity contribution in [1.82, 2.24) is 4.57 Å². The van der Waals surface area contributed by atoms with Gasteiger partial charge in [0.05, 0.1) is 38.5 Å².